The summed E-state index contributed by atoms with van der Waals surface area (Å²) in [6.07, 6.45) is 2.23. The van der Waals surface area contributed by atoms with Crippen molar-refractivity contribution in [2.75, 3.05) is 18.2 Å². The van der Waals surface area contributed by atoms with Gasteiger partial charge in [-0.15, -0.1) is 0 Å². The zero-order valence-corrected chi connectivity index (χ0v) is 16.9. The normalized spacial score (nSPS) is 16.1. The van der Waals surface area contributed by atoms with Crippen LogP contribution in [0.3, 0.4) is 0 Å². The molecule has 1 atom stereocenters. The molecule has 0 bridgehead atoms. The quantitative estimate of drug-likeness (QED) is 0.255. The number of rotatable bonds is 6. The lowest BCUT2D eigenvalue weighted by Gasteiger charge is -2.18. The van der Waals surface area contributed by atoms with E-state index in [-0.39, 0.29) is 6.10 Å². The minimum atomic E-state index is 0.276. The summed E-state index contributed by atoms with van der Waals surface area (Å²) in [5.41, 5.74) is 5.99. The predicted octanol–water partition coefficient (Wildman–Crippen LogP) is 5.36. The first-order valence-corrected chi connectivity index (χ1v) is 10.2. The summed E-state index contributed by atoms with van der Waals surface area (Å²) in [6.45, 7) is 6.85. The zero-order chi connectivity index (χ0) is 19.8. The maximum atomic E-state index is 5.44. The second-order valence-electron chi connectivity index (χ2n) is 7.66. The Labute approximate surface area is 171 Å². The Hall–Kier alpha value is -3.11. The molecule has 1 aromatic heterocycles. The van der Waals surface area contributed by atoms with E-state index in [9.17, 15) is 0 Å². The van der Waals surface area contributed by atoms with Gasteiger partial charge in [0.2, 0.25) is 0 Å². The van der Waals surface area contributed by atoms with Crippen LogP contribution in [0.25, 0.3) is 21.8 Å². The number of hydrogen-bond donors (Lipinski definition) is 0. The fourth-order valence-corrected chi connectivity index (χ4v) is 3.93. The summed E-state index contributed by atoms with van der Waals surface area (Å²) in [5, 5.41) is 9.42. The first-order chi connectivity index (χ1) is 14.2. The van der Waals surface area contributed by atoms with Gasteiger partial charge in [0, 0.05) is 28.4 Å². The standard InChI is InChI=1S/C25H25N3O/c1-3-27-24-7-5-4-6-22(24)23-14-19(10-13-25(23)27)15-26-28(16-21-17-29-21)20-11-8-18(2)9-12-20/h4-15,21H,3,16-17H2,1-2H3. The minimum absolute atomic E-state index is 0.276. The van der Waals surface area contributed by atoms with Crippen molar-refractivity contribution in [1.82, 2.24) is 4.57 Å². The van der Waals surface area contributed by atoms with Gasteiger partial charge in [0.25, 0.3) is 0 Å². The highest BCUT2D eigenvalue weighted by Gasteiger charge is 2.25. The summed E-state index contributed by atoms with van der Waals surface area (Å²) in [5.74, 6) is 0. The predicted molar refractivity (Wildman–Crippen MR) is 121 cm³/mol. The molecule has 2 heterocycles. The van der Waals surface area contributed by atoms with E-state index >= 15 is 0 Å². The van der Waals surface area contributed by atoms with Gasteiger partial charge in [0.05, 0.1) is 25.1 Å². The number of para-hydroxylation sites is 1. The number of nitrogens with zero attached hydrogens (tertiary/aromatic N) is 3. The van der Waals surface area contributed by atoms with E-state index in [1.807, 2.05) is 11.2 Å². The van der Waals surface area contributed by atoms with E-state index in [4.69, 9.17) is 9.84 Å². The lowest BCUT2D eigenvalue weighted by Crippen LogP contribution is -2.22. The molecule has 5 rings (SSSR count). The Morgan fingerprint density at radius 2 is 1.79 bits per heavy atom. The van der Waals surface area contributed by atoms with Crippen LogP contribution < -0.4 is 5.01 Å². The van der Waals surface area contributed by atoms with E-state index in [1.54, 1.807) is 0 Å². The van der Waals surface area contributed by atoms with Crippen molar-refractivity contribution >= 4 is 33.7 Å². The molecule has 1 aliphatic rings. The molecule has 1 unspecified atom stereocenters. The van der Waals surface area contributed by atoms with Crippen LogP contribution in [0.4, 0.5) is 5.69 Å². The van der Waals surface area contributed by atoms with Gasteiger partial charge < -0.3 is 9.30 Å². The average molecular weight is 383 g/mol. The van der Waals surface area contributed by atoms with E-state index in [2.05, 4.69) is 85.1 Å². The minimum Gasteiger partial charge on any atom is -0.371 e. The van der Waals surface area contributed by atoms with Crippen molar-refractivity contribution in [2.45, 2.75) is 26.5 Å². The van der Waals surface area contributed by atoms with Gasteiger partial charge in [0.15, 0.2) is 0 Å². The van der Waals surface area contributed by atoms with Crippen molar-refractivity contribution in [3.63, 3.8) is 0 Å². The molecule has 0 amide bonds. The Morgan fingerprint density at radius 3 is 2.55 bits per heavy atom. The molecular formula is C25H25N3O. The number of fused-ring (bicyclic) bond motifs is 3. The van der Waals surface area contributed by atoms with Crippen LogP contribution in [-0.2, 0) is 11.3 Å². The molecule has 1 aliphatic heterocycles. The number of hydrazone groups is 1. The highest BCUT2D eigenvalue weighted by atomic mass is 16.6. The number of ether oxygens (including phenoxy) is 1. The highest BCUT2D eigenvalue weighted by molar-refractivity contribution is 6.09. The monoisotopic (exact) mass is 383 g/mol. The third kappa shape index (κ3) is 3.52. The highest BCUT2D eigenvalue weighted by Crippen LogP contribution is 2.29. The smallest absolute Gasteiger partial charge is 0.101 e. The summed E-state index contributed by atoms with van der Waals surface area (Å²) in [6, 6.07) is 23.7. The summed E-state index contributed by atoms with van der Waals surface area (Å²) in [7, 11) is 0. The van der Waals surface area contributed by atoms with Crippen LogP contribution in [0.15, 0.2) is 71.8 Å². The van der Waals surface area contributed by atoms with Crippen molar-refractivity contribution in [2.24, 2.45) is 5.10 Å². The molecule has 1 fully saturated rings. The molecule has 0 spiro atoms. The molecular weight excluding hydrogens is 358 g/mol. The molecule has 0 aliphatic carbocycles. The van der Waals surface area contributed by atoms with Gasteiger partial charge in [-0.2, -0.15) is 5.10 Å². The summed E-state index contributed by atoms with van der Waals surface area (Å²) < 4.78 is 7.81. The molecule has 0 radical (unpaired) electrons. The Balaban J connectivity index is 1.51. The maximum absolute atomic E-state index is 5.44. The SMILES string of the molecule is CCn1c2ccccc2c2cc(C=NN(CC3CO3)c3ccc(C)cc3)ccc21. The number of hydrogen-bond acceptors (Lipinski definition) is 3. The summed E-state index contributed by atoms with van der Waals surface area (Å²) in [4.78, 5) is 0. The van der Waals surface area contributed by atoms with Crippen LogP contribution in [0.1, 0.15) is 18.1 Å². The third-order valence-electron chi connectivity index (χ3n) is 5.57. The van der Waals surface area contributed by atoms with Crippen LogP contribution in [-0.4, -0.2) is 30.0 Å². The zero-order valence-electron chi connectivity index (χ0n) is 16.9. The average Bonchev–Trinajstić information content (AvgIpc) is 3.52. The maximum Gasteiger partial charge on any atom is 0.101 e. The van der Waals surface area contributed by atoms with Crippen molar-refractivity contribution in [1.29, 1.82) is 0 Å². The van der Waals surface area contributed by atoms with E-state index in [0.717, 1.165) is 30.9 Å². The Morgan fingerprint density at radius 1 is 1.03 bits per heavy atom. The van der Waals surface area contributed by atoms with Crippen molar-refractivity contribution in [3.05, 3.63) is 77.9 Å². The molecule has 4 heteroatoms. The summed E-state index contributed by atoms with van der Waals surface area (Å²) >= 11 is 0. The van der Waals surface area contributed by atoms with Crippen LogP contribution in [0.2, 0.25) is 0 Å². The molecule has 0 N–H and O–H groups in total. The molecule has 4 aromatic rings. The molecule has 3 aromatic carbocycles. The van der Waals surface area contributed by atoms with E-state index < -0.39 is 0 Å². The van der Waals surface area contributed by atoms with Gasteiger partial charge in [-0.25, -0.2) is 0 Å². The number of epoxide rings is 1. The second-order valence-corrected chi connectivity index (χ2v) is 7.66. The van der Waals surface area contributed by atoms with Crippen molar-refractivity contribution in [3.8, 4) is 0 Å². The van der Waals surface area contributed by atoms with E-state index in [0.29, 0.717) is 0 Å². The molecule has 4 nitrogen and oxygen atoms in total. The first-order valence-electron chi connectivity index (χ1n) is 10.2. The molecule has 1 saturated heterocycles. The second kappa shape index (κ2) is 7.37. The van der Waals surface area contributed by atoms with Gasteiger partial charge in [-0.3, -0.25) is 5.01 Å². The van der Waals surface area contributed by atoms with Crippen LogP contribution in [0.5, 0.6) is 0 Å². The van der Waals surface area contributed by atoms with Crippen molar-refractivity contribution < 1.29 is 4.74 Å². The van der Waals surface area contributed by atoms with E-state index in [1.165, 1.54) is 27.4 Å². The molecule has 0 saturated carbocycles. The third-order valence-corrected chi connectivity index (χ3v) is 5.57. The number of aryl methyl sites for hydroxylation is 2. The van der Waals surface area contributed by atoms with Gasteiger partial charge in [-0.05, 0) is 49.7 Å². The van der Waals surface area contributed by atoms with Crippen LogP contribution in [0, 0.1) is 6.92 Å². The fraction of sp³-hybridized carbons (Fsp3) is 0.240. The largest absolute Gasteiger partial charge is 0.371 e. The Kier molecular flexibility index (Phi) is 4.57. The molecule has 29 heavy (non-hydrogen) atoms. The fourth-order valence-electron chi connectivity index (χ4n) is 3.93. The number of aromatic nitrogens is 1. The number of anilines is 1. The lowest BCUT2D eigenvalue weighted by atomic mass is 10.1. The van der Waals surface area contributed by atoms with Gasteiger partial charge in [-0.1, -0.05) is 42.0 Å². The number of benzene rings is 3. The van der Waals surface area contributed by atoms with Gasteiger partial charge in [0.1, 0.15) is 6.10 Å². The van der Waals surface area contributed by atoms with Crippen LogP contribution >= 0.6 is 0 Å². The lowest BCUT2D eigenvalue weighted by molar-refractivity contribution is 0.408. The van der Waals surface area contributed by atoms with Gasteiger partial charge >= 0.3 is 0 Å². The topological polar surface area (TPSA) is 33.1 Å². The molecule has 146 valence electrons. The Bertz CT molecular complexity index is 1190. The first kappa shape index (κ1) is 18.0.